The number of aliphatic carboxylic acids is 2. The summed E-state index contributed by atoms with van der Waals surface area (Å²) in [4.78, 5) is 20.0. The van der Waals surface area contributed by atoms with E-state index >= 15 is 0 Å². The van der Waals surface area contributed by atoms with Crippen molar-refractivity contribution in [1.29, 1.82) is 0 Å². The van der Waals surface area contributed by atoms with Crippen LogP contribution in [0, 0.1) is 0 Å². The predicted octanol–water partition coefficient (Wildman–Crippen LogP) is 1.10. The van der Waals surface area contributed by atoms with Crippen LogP contribution in [0.1, 0.15) is 32.1 Å². The molecule has 0 aromatic heterocycles. The van der Waals surface area contributed by atoms with Gasteiger partial charge >= 0.3 is 11.9 Å². The van der Waals surface area contributed by atoms with Gasteiger partial charge in [-0.3, -0.25) is 9.59 Å². The summed E-state index contributed by atoms with van der Waals surface area (Å²) >= 11 is 0. The minimum Gasteiger partial charge on any atom is -0.481 e. The van der Waals surface area contributed by atoms with Crippen LogP contribution in [-0.2, 0) is 26.7 Å². The minimum absolute atomic E-state index is 0. The van der Waals surface area contributed by atoms with E-state index in [2.05, 4.69) is 0 Å². The van der Waals surface area contributed by atoms with Crippen LogP contribution in [0.15, 0.2) is 0 Å². The fraction of sp³-hybridized carbons (Fsp3) is 0.714. The number of hydrogen-bond acceptors (Lipinski definition) is 2. The molecular weight excluding hydrogens is 212 g/mol. The van der Waals surface area contributed by atoms with Crippen molar-refractivity contribution >= 4 is 11.9 Å². The van der Waals surface area contributed by atoms with Gasteiger partial charge in [-0.2, -0.15) is 0 Å². The SMILES string of the molecule is O=C(O)CCCCCC(=O)O.[Cu]. The number of carboxylic acid groups (broad SMARTS) is 2. The maximum atomic E-state index is 9.98. The molecule has 2 N–H and O–H groups in total. The largest absolute Gasteiger partial charge is 0.481 e. The van der Waals surface area contributed by atoms with Crippen molar-refractivity contribution in [2.45, 2.75) is 32.1 Å². The summed E-state index contributed by atoms with van der Waals surface area (Å²) in [6.07, 6.45) is 2.10. The Balaban J connectivity index is 0. The van der Waals surface area contributed by atoms with E-state index < -0.39 is 11.9 Å². The molecule has 75 valence electrons. The molecule has 0 aliphatic heterocycles. The monoisotopic (exact) mass is 223 g/mol. The predicted molar refractivity (Wildman–Crippen MR) is 38.4 cm³/mol. The van der Waals surface area contributed by atoms with Gasteiger partial charge in [0.2, 0.25) is 0 Å². The second-order valence-electron chi connectivity index (χ2n) is 2.35. The first-order chi connectivity index (χ1) is 5.13. The summed E-state index contributed by atoms with van der Waals surface area (Å²) in [6, 6.07) is 0. The molecule has 1 radical (unpaired) electrons. The first-order valence-electron chi connectivity index (χ1n) is 3.56. The number of hydrogen-bond donors (Lipinski definition) is 2. The first-order valence-corrected chi connectivity index (χ1v) is 3.56. The molecule has 0 bridgehead atoms. The summed E-state index contributed by atoms with van der Waals surface area (Å²) in [5.41, 5.74) is 0. The van der Waals surface area contributed by atoms with Crippen LogP contribution in [0.25, 0.3) is 0 Å². The van der Waals surface area contributed by atoms with E-state index in [0.29, 0.717) is 19.3 Å². The Hall–Kier alpha value is -0.541. The van der Waals surface area contributed by atoms with Crippen LogP contribution in [0.2, 0.25) is 0 Å². The van der Waals surface area contributed by atoms with Crippen molar-refractivity contribution < 1.29 is 36.9 Å². The normalized spacial score (nSPS) is 8.67. The zero-order chi connectivity index (χ0) is 8.69. The van der Waals surface area contributed by atoms with Gasteiger partial charge in [-0.05, 0) is 12.8 Å². The molecule has 0 amide bonds. The van der Waals surface area contributed by atoms with Crippen LogP contribution in [-0.4, -0.2) is 22.2 Å². The minimum atomic E-state index is -0.819. The average Bonchev–Trinajstić information content (AvgIpc) is 1.85. The zero-order valence-electron chi connectivity index (χ0n) is 6.55. The topological polar surface area (TPSA) is 74.6 Å². The van der Waals surface area contributed by atoms with Crippen LogP contribution < -0.4 is 0 Å². The molecule has 0 fully saturated rings. The van der Waals surface area contributed by atoms with Gasteiger partial charge < -0.3 is 10.2 Å². The molecule has 12 heavy (non-hydrogen) atoms. The van der Waals surface area contributed by atoms with Crippen molar-refractivity contribution in [3.63, 3.8) is 0 Å². The van der Waals surface area contributed by atoms with Crippen LogP contribution in [0.3, 0.4) is 0 Å². The van der Waals surface area contributed by atoms with Crippen molar-refractivity contribution in [1.82, 2.24) is 0 Å². The molecule has 0 spiro atoms. The molecule has 0 aliphatic rings. The van der Waals surface area contributed by atoms with Gasteiger partial charge in [0, 0.05) is 29.9 Å². The molecule has 0 atom stereocenters. The van der Waals surface area contributed by atoms with Gasteiger partial charge in [0.1, 0.15) is 0 Å². The summed E-state index contributed by atoms with van der Waals surface area (Å²) in [6.45, 7) is 0. The van der Waals surface area contributed by atoms with Gasteiger partial charge in [0.15, 0.2) is 0 Å². The Morgan fingerprint density at radius 3 is 1.42 bits per heavy atom. The molecule has 0 rings (SSSR count). The Kier molecular flexibility index (Phi) is 9.99. The number of rotatable bonds is 6. The Morgan fingerprint density at radius 2 is 1.17 bits per heavy atom. The van der Waals surface area contributed by atoms with E-state index in [1.54, 1.807) is 0 Å². The Labute approximate surface area is 81.4 Å². The van der Waals surface area contributed by atoms with Gasteiger partial charge in [-0.25, -0.2) is 0 Å². The smallest absolute Gasteiger partial charge is 0.303 e. The summed E-state index contributed by atoms with van der Waals surface area (Å²) < 4.78 is 0. The molecule has 4 nitrogen and oxygen atoms in total. The van der Waals surface area contributed by atoms with E-state index in [9.17, 15) is 9.59 Å². The average molecular weight is 224 g/mol. The van der Waals surface area contributed by atoms with Crippen molar-refractivity contribution in [3.05, 3.63) is 0 Å². The molecule has 0 saturated carbocycles. The third-order valence-corrected chi connectivity index (χ3v) is 1.28. The van der Waals surface area contributed by atoms with Crippen molar-refractivity contribution in [3.8, 4) is 0 Å². The van der Waals surface area contributed by atoms with Gasteiger partial charge in [-0.1, -0.05) is 6.42 Å². The maximum Gasteiger partial charge on any atom is 0.303 e. The molecule has 0 saturated heterocycles. The molecular formula is C7H12CuO4. The van der Waals surface area contributed by atoms with Gasteiger partial charge in [-0.15, -0.1) is 0 Å². The fourth-order valence-electron chi connectivity index (χ4n) is 0.729. The zero-order valence-corrected chi connectivity index (χ0v) is 7.49. The van der Waals surface area contributed by atoms with E-state index in [1.165, 1.54) is 0 Å². The Morgan fingerprint density at radius 1 is 0.833 bits per heavy atom. The third-order valence-electron chi connectivity index (χ3n) is 1.28. The summed E-state index contributed by atoms with van der Waals surface area (Å²) in [7, 11) is 0. The first kappa shape index (κ1) is 14.0. The van der Waals surface area contributed by atoms with Gasteiger partial charge in [0.05, 0.1) is 0 Å². The standard InChI is InChI=1S/C7H12O4.Cu/c8-6(9)4-2-1-3-5-7(10)11;/h1-5H2,(H,8,9)(H,10,11);. The fourth-order valence-corrected chi connectivity index (χ4v) is 0.729. The molecule has 0 aliphatic carbocycles. The second kappa shape index (κ2) is 8.56. The Bertz CT molecular complexity index is 130. The van der Waals surface area contributed by atoms with Crippen LogP contribution >= 0.6 is 0 Å². The van der Waals surface area contributed by atoms with Crippen LogP contribution in [0.5, 0.6) is 0 Å². The summed E-state index contributed by atoms with van der Waals surface area (Å²) in [5.74, 6) is -1.64. The molecule has 0 aromatic carbocycles. The number of carbonyl (C=O) groups is 2. The van der Waals surface area contributed by atoms with E-state index in [-0.39, 0.29) is 29.9 Å². The molecule has 0 unspecified atom stereocenters. The van der Waals surface area contributed by atoms with Gasteiger partial charge in [0.25, 0.3) is 0 Å². The molecule has 5 heteroatoms. The van der Waals surface area contributed by atoms with E-state index in [0.717, 1.165) is 0 Å². The second-order valence-corrected chi connectivity index (χ2v) is 2.35. The van der Waals surface area contributed by atoms with Crippen LogP contribution in [0.4, 0.5) is 0 Å². The third kappa shape index (κ3) is 12.2. The molecule has 0 heterocycles. The number of carboxylic acids is 2. The van der Waals surface area contributed by atoms with E-state index in [1.807, 2.05) is 0 Å². The van der Waals surface area contributed by atoms with Crippen molar-refractivity contribution in [2.24, 2.45) is 0 Å². The van der Waals surface area contributed by atoms with E-state index in [4.69, 9.17) is 10.2 Å². The van der Waals surface area contributed by atoms with Crippen molar-refractivity contribution in [2.75, 3.05) is 0 Å². The molecule has 0 aromatic rings. The summed E-state index contributed by atoms with van der Waals surface area (Å²) in [5, 5.41) is 16.4. The maximum absolute atomic E-state index is 9.98. The number of unbranched alkanes of at least 4 members (excludes halogenated alkanes) is 2. The quantitative estimate of drug-likeness (QED) is 0.523.